The first-order chi connectivity index (χ1) is 7.63. The molecule has 1 saturated carbocycles. The number of carbonyl (C=O) groups is 1. The molecule has 1 heterocycles. The second-order valence-electron chi connectivity index (χ2n) is 4.54. The lowest BCUT2D eigenvalue weighted by molar-refractivity contribution is 0.0690. The number of rotatable bonds is 4. The Morgan fingerprint density at radius 3 is 2.81 bits per heavy atom. The van der Waals surface area contributed by atoms with Gasteiger partial charge in [-0.05, 0) is 25.7 Å². The van der Waals surface area contributed by atoms with Crippen LogP contribution in [0.2, 0.25) is 0 Å². The molecule has 4 nitrogen and oxygen atoms in total. The van der Waals surface area contributed by atoms with Gasteiger partial charge in [-0.2, -0.15) is 0 Å². The average Bonchev–Trinajstić information content (AvgIpc) is 2.58. The average molecular weight is 222 g/mol. The van der Waals surface area contributed by atoms with Crippen molar-refractivity contribution in [2.24, 2.45) is 5.92 Å². The smallest absolute Gasteiger partial charge is 0.356 e. The van der Waals surface area contributed by atoms with Gasteiger partial charge in [-0.15, -0.1) is 0 Å². The molecule has 0 spiro atoms. The molecule has 2 rings (SSSR count). The molecule has 88 valence electrons. The van der Waals surface area contributed by atoms with E-state index in [9.17, 15) is 4.79 Å². The fourth-order valence-corrected chi connectivity index (χ4v) is 2.30. The largest absolute Gasteiger partial charge is 0.476 e. The molecule has 0 unspecified atom stereocenters. The third-order valence-electron chi connectivity index (χ3n) is 3.62. The molecule has 1 fully saturated rings. The Hall–Kier alpha value is -1.32. The summed E-state index contributed by atoms with van der Waals surface area (Å²) < 4.78 is 2.05. The van der Waals surface area contributed by atoms with Crippen LogP contribution in [0.25, 0.3) is 0 Å². The molecule has 1 aromatic heterocycles. The van der Waals surface area contributed by atoms with Gasteiger partial charge in [-0.25, -0.2) is 9.78 Å². The van der Waals surface area contributed by atoms with Crippen molar-refractivity contribution < 1.29 is 9.90 Å². The van der Waals surface area contributed by atoms with Crippen LogP contribution >= 0.6 is 0 Å². The Balaban J connectivity index is 2.26. The molecule has 1 aliphatic rings. The highest BCUT2D eigenvalue weighted by atomic mass is 16.4. The maximum absolute atomic E-state index is 10.9. The lowest BCUT2D eigenvalue weighted by atomic mass is 9.80. The Kier molecular flexibility index (Phi) is 2.99. The van der Waals surface area contributed by atoms with Crippen LogP contribution in [0, 0.1) is 5.92 Å². The molecule has 1 aliphatic carbocycles. The SMILES string of the molecule is CCc1nc(C(=O)O)cn1[C@H](C)C1CCC1. The number of hydrogen-bond acceptors (Lipinski definition) is 2. The van der Waals surface area contributed by atoms with Crippen molar-refractivity contribution in [3.8, 4) is 0 Å². The standard InChI is InChI=1S/C12H18N2O2/c1-3-11-13-10(12(15)16)7-14(11)8(2)9-5-4-6-9/h7-9H,3-6H2,1-2H3,(H,15,16)/t8-/m1/s1. The second-order valence-corrected chi connectivity index (χ2v) is 4.54. The minimum absolute atomic E-state index is 0.169. The molecular formula is C12H18N2O2. The van der Waals surface area contributed by atoms with Crippen molar-refractivity contribution in [1.82, 2.24) is 9.55 Å². The zero-order valence-electron chi connectivity index (χ0n) is 9.81. The van der Waals surface area contributed by atoms with E-state index in [1.54, 1.807) is 6.20 Å². The van der Waals surface area contributed by atoms with Gasteiger partial charge in [0.1, 0.15) is 5.82 Å². The number of imidazole rings is 1. The van der Waals surface area contributed by atoms with Crippen molar-refractivity contribution in [1.29, 1.82) is 0 Å². The van der Waals surface area contributed by atoms with E-state index < -0.39 is 5.97 Å². The van der Waals surface area contributed by atoms with Gasteiger partial charge in [-0.3, -0.25) is 0 Å². The highest BCUT2D eigenvalue weighted by molar-refractivity contribution is 5.85. The maximum Gasteiger partial charge on any atom is 0.356 e. The lowest BCUT2D eigenvalue weighted by Gasteiger charge is -2.32. The molecule has 4 heteroatoms. The summed E-state index contributed by atoms with van der Waals surface area (Å²) in [7, 11) is 0. The highest BCUT2D eigenvalue weighted by Crippen LogP contribution is 2.36. The minimum Gasteiger partial charge on any atom is -0.476 e. The summed E-state index contributed by atoms with van der Waals surface area (Å²) in [6.07, 6.45) is 6.28. The number of carboxylic acid groups (broad SMARTS) is 1. The normalized spacial score (nSPS) is 18.1. The van der Waals surface area contributed by atoms with Gasteiger partial charge in [0.05, 0.1) is 0 Å². The molecule has 0 saturated heterocycles. The molecule has 16 heavy (non-hydrogen) atoms. The van der Waals surface area contributed by atoms with Crippen LogP contribution in [-0.4, -0.2) is 20.6 Å². The molecule has 0 aromatic carbocycles. The van der Waals surface area contributed by atoms with E-state index in [-0.39, 0.29) is 5.69 Å². The quantitative estimate of drug-likeness (QED) is 0.851. The van der Waals surface area contributed by atoms with Crippen LogP contribution in [0.5, 0.6) is 0 Å². The highest BCUT2D eigenvalue weighted by Gasteiger charge is 2.27. The Bertz CT molecular complexity index is 394. The predicted molar refractivity (Wildman–Crippen MR) is 60.6 cm³/mol. The van der Waals surface area contributed by atoms with Crippen LogP contribution in [-0.2, 0) is 6.42 Å². The van der Waals surface area contributed by atoms with Crippen molar-refractivity contribution in [2.75, 3.05) is 0 Å². The fraction of sp³-hybridized carbons (Fsp3) is 0.667. The van der Waals surface area contributed by atoms with Gasteiger partial charge in [-0.1, -0.05) is 13.3 Å². The van der Waals surface area contributed by atoms with Crippen molar-refractivity contribution in [3.05, 3.63) is 17.7 Å². The summed E-state index contributed by atoms with van der Waals surface area (Å²) in [5, 5.41) is 8.93. The number of aryl methyl sites for hydroxylation is 1. The molecular weight excluding hydrogens is 204 g/mol. The number of aromatic nitrogens is 2. The van der Waals surface area contributed by atoms with Crippen LogP contribution < -0.4 is 0 Å². The number of hydrogen-bond donors (Lipinski definition) is 1. The van der Waals surface area contributed by atoms with Gasteiger partial charge in [0.2, 0.25) is 0 Å². The van der Waals surface area contributed by atoms with Crippen LogP contribution in [0.4, 0.5) is 0 Å². The van der Waals surface area contributed by atoms with E-state index in [4.69, 9.17) is 5.11 Å². The first-order valence-corrected chi connectivity index (χ1v) is 5.94. The molecule has 1 N–H and O–H groups in total. The van der Waals surface area contributed by atoms with Gasteiger partial charge in [0.15, 0.2) is 5.69 Å². The van der Waals surface area contributed by atoms with E-state index in [1.807, 2.05) is 11.5 Å². The first kappa shape index (κ1) is 11.2. The molecule has 1 aromatic rings. The van der Waals surface area contributed by atoms with E-state index in [2.05, 4.69) is 11.9 Å². The molecule has 0 bridgehead atoms. The number of aromatic carboxylic acids is 1. The number of carboxylic acids is 1. The summed E-state index contributed by atoms with van der Waals surface area (Å²) in [6.45, 7) is 4.17. The molecule has 0 radical (unpaired) electrons. The molecule has 0 aliphatic heterocycles. The summed E-state index contributed by atoms with van der Waals surface area (Å²) in [5.74, 6) is 0.646. The minimum atomic E-state index is -0.936. The van der Waals surface area contributed by atoms with Crippen LogP contribution in [0.15, 0.2) is 6.20 Å². The topological polar surface area (TPSA) is 55.1 Å². The van der Waals surface area contributed by atoms with Crippen molar-refractivity contribution >= 4 is 5.97 Å². The summed E-state index contributed by atoms with van der Waals surface area (Å²) in [4.78, 5) is 15.0. The molecule has 0 amide bonds. The Morgan fingerprint density at radius 2 is 2.38 bits per heavy atom. The summed E-state index contributed by atoms with van der Waals surface area (Å²) in [6, 6.07) is 0.379. The first-order valence-electron chi connectivity index (χ1n) is 5.94. The summed E-state index contributed by atoms with van der Waals surface area (Å²) >= 11 is 0. The zero-order valence-corrected chi connectivity index (χ0v) is 9.81. The van der Waals surface area contributed by atoms with E-state index >= 15 is 0 Å². The second kappa shape index (κ2) is 4.28. The van der Waals surface area contributed by atoms with Gasteiger partial charge in [0.25, 0.3) is 0 Å². The lowest BCUT2D eigenvalue weighted by Crippen LogP contribution is -2.23. The Labute approximate surface area is 95.3 Å². The zero-order chi connectivity index (χ0) is 11.7. The van der Waals surface area contributed by atoms with Crippen molar-refractivity contribution in [2.45, 2.75) is 45.6 Å². The summed E-state index contributed by atoms with van der Waals surface area (Å²) in [5.41, 5.74) is 0.169. The van der Waals surface area contributed by atoms with Gasteiger partial charge in [0, 0.05) is 18.7 Å². The number of nitrogens with zero attached hydrogens (tertiary/aromatic N) is 2. The third kappa shape index (κ3) is 1.84. The van der Waals surface area contributed by atoms with Gasteiger partial charge < -0.3 is 9.67 Å². The molecule has 1 atom stereocenters. The fourth-order valence-electron chi connectivity index (χ4n) is 2.30. The Morgan fingerprint density at radius 1 is 1.69 bits per heavy atom. The van der Waals surface area contributed by atoms with Gasteiger partial charge >= 0.3 is 5.97 Å². The predicted octanol–water partition coefficient (Wildman–Crippen LogP) is 2.50. The van der Waals surface area contributed by atoms with E-state index in [0.29, 0.717) is 12.0 Å². The van der Waals surface area contributed by atoms with Crippen LogP contribution in [0.3, 0.4) is 0 Å². The van der Waals surface area contributed by atoms with Crippen molar-refractivity contribution in [3.63, 3.8) is 0 Å². The third-order valence-corrected chi connectivity index (χ3v) is 3.62. The van der Waals surface area contributed by atoms with E-state index in [0.717, 1.165) is 12.2 Å². The van der Waals surface area contributed by atoms with Crippen LogP contribution in [0.1, 0.15) is 55.5 Å². The maximum atomic E-state index is 10.9. The monoisotopic (exact) mass is 222 g/mol. The van der Waals surface area contributed by atoms with E-state index in [1.165, 1.54) is 19.3 Å².